The average Bonchev–Trinajstić information content (AvgIpc) is 2.53. The van der Waals surface area contributed by atoms with Gasteiger partial charge in [0.05, 0.1) is 27.3 Å². The molecule has 23 heavy (non-hydrogen) atoms. The molecule has 1 aliphatic heterocycles. The fraction of sp³-hybridized carbons (Fsp3) is 0.600. The van der Waals surface area contributed by atoms with E-state index in [-0.39, 0.29) is 15.7 Å². The second-order valence-corrected chi connectivity index (χ2v) is 6.51. The number of rotatable bonds is 7. The first kappa shape index (κ1) is 18.3. The van der Waals surface area contributed by atoms with Gasteiger partial charge in [-0.2, -0.15) is 0 Å². The van der Waals surface area contributed by atoms with Gasteiger partial charge in [-0.15, -0.1) is 0 Å². The Balaban J connectivity index is 1.86. The number of non-ortho nitro benzene ring substituents is 1. The summed E-state index contributed by atoms with van der Waals surface area (Å²) in [5.74, 6) is 0.538. The molecule has 0 radical (unpaired) electrons. The Bertz CT molecular complexity index is 526. The Morgan fingerprint density at radius 3 is 2.48 bits per heavy atom. The highest BCUT2D eigenvalue weighted by Crippen LogP contribution is 2.35. The molecule has 1 aliphatic rings. The zero-order valence-electron chi connectivity index (χ0n) is 13.1. The van der Waals surface area contributed by atoms with E-state index in [1.807, 2.05) is 0 Å². The molecule has 1 aromatic rings. The highest BCUT2D eigenvalue weighted by atomic mass is 35.5. The Labute approximate surface area is 145 Å². The van der Waals surface area contributed by atoms with Gasteiger partial charge in [-0.1, -0.05) is 23.2 Å². The summed E-state index contributed by atoms with van der Waals surface area (Å²) in [5.41, 5.74) is 0.470. The van der Waals surface area contributed by atoms with Gasteiger partial charge in [-0.25, -0.2) is 0 Å². The largest absolute Gasteiger partial charge is 0.383 e. The summed E-state index contributed by atoms with van der Waals surface area (Å²) in [6, 6.07) is 2.65. The number of likely N-dealkylation sites (tertiary alicyclic amines) is 1. The molecule has 0 unspecified atom stereocenters. The molecule has 1 fully saturated rings. The smallest absolute Gasteiger partial charge is 0.272 e. The number of nitro benzene ring substituents is 1. The van der Waals surface area contributed by atoms with Crippen molar-refractivity contribution in [3.05, 3.63) is 32.3 Å². The number of hydrogen-bond acceptors (Lipinski definition) is 5. The lowest BCUT2D eigenvalue weighted by Crippen LogP contribution is -2.37. The molecule has 0 spiro atoms. The van der Waals surface area contributed by atoms with Gasteiger partial charge in [0.15, 0.2) is 0 Å². The molecular formula is C15H21Cl2N3O3. The minimum atomic E-state index is -0.503. The van der Waals surface area contributed by atoms with Gasteiger partial charge in [0.25, 0.3) is 5.69 Å². The van der Waals surface area contributed by atoms with Gasteiger partial charge < -0.3 is 15.0 Å². The Morgan fingerprint density at radius 1 is 1.35 bits per heavy atom. The summed E-state index contributed by atoms with van der Waals surface area (Å²) in [4.78, 5) is 12.7. The van der Waals surface area contributed by atoms with Crippen LogP contribution >= 0.6 is 23.2 Å². The Kier molecular flexibility index (Phi) is 6.89. The molecule has 0 aliphatic carbocycles. The van der Waals surface area contributed by atoms with Crippen molar-refractivity contribution < 1.29 is 9.66 Å². The maximum absolute atomic E-state index is 10.8. The maximum Gasteiger partial charge on any atom is 0.272 e. The standard InChI is InChI=1S/C15H21Cl2N3O3/c1-23-7-6-19-4-2-11(3-5-19)10-18-15-13(16)8-12(20(21)22)9-14(15)17/h8-9,11,18H,2-7,10H2,1H3. The second kappa shape index (κ2) is 8.68. The molecule has 1 N–H and O–H groups in total. The highest BCUT2D eigenvalue weighted by Gasteiger charge is 2.20. The van der Waals surface area contributed by atoms with Crippen LogP contribution in [0.3, 0.4) is 0 Å². The van der Waals surface area contributed by atoms with Gasteiger partial charge in [0.1, 0.15) is 0 Å². The van der Waals surface area contributed by atoms with Crippen molar-refractivity contribution in [1.29, 1.82) is 0 Å². The molecule has 0 atom stereocenters. The van der Waals surface area contributed by atoms with Gasteiger partial charge in [0, 0.05) is 32.3 Å². The van der Waals surface area contributed by atoms with Crippen LogP contribution in [0.25, 0.3) is 0 Å². The van der Waals surface area contributed by atoms with Crippen molar-refractivity contribution in [2.75, 3.05) is 45.2 Å². The molecule has 6 nitrogen and oxygen atoms in total. The number of nitrogens with zero attached hydrogens (tertiary/aromatic N) is 2. The number of nitrogens with one attached hydrogen (secondary N) is 1. The first-order chi connectivity index (χ1) is 11.0. The van der Waals surface area contributed by atoms with Crippen LogP contribution in [-0.4, -0.2) is 49.7 Å². The molecule has 0 saturated carbocycles. The van der Waals surface area contributed by atoms with Gasteiger partial charge in [0.2, 0.25) is 0 Å². The number of benzene rings is 1. The maximum atomic E-state index is 10.8. The SMILES string of the molecule is COCCN1CCC(CNc2c(Cl)cc([N+](=O)[O-])cc2Cl)CC1. The fourth-order valence-electron chi connectivity index (χ4n) is 2.71. The predicted molar refractivity (Wildman–Crippen MR) is 92.6 cm³/mol. The lowest BCUT2D eigenvalue weighted by atomic mass is 9.96. The van der Waals surface area contributed by atoms with E-state index < -0.39 is 4.92 Å². The average molecular weight is 362 g/mol. The number of anilines is 1. The van der Waals surface area contributed by atoms with Crippen LogP contribution in [0.15, 0.2) is 12.1 Å². The predicted octanol–water partition coefficient (Wildman–Crippen LogP) is 3.67. The van der Waals surface area contributed by atoms with E-state index in [0.29, 0.717) is 11.6 Å². The second-order valence-electron chi connectivity index (χ2n) is 5.70. The number of nitro groups is 1. The van der Waals surface area contributed by atoms with Crippen molar-refractivity contribution in [3.8, 4) is 0 Å². The molecule has 0 bridgehead atoms. The van der Waals surface area contributed by atoms with Crippen LogP contribution in [0.2, 0.25) is 10.0 Å². The first-order valence-electron chi connectivity index (χ1n) is 7.60. The molecule has 0 amide bonds. The van der Waals surface area contributed by atoms with Crippen molar-refractivity contribution >= 4 is 34.6 Å². The van der Waals surface area contributed by atoms with E-state index in [1.54, 1.807) is 7.11 Å². The minimum Gasteiger partial charge on any atom is -0.383 e. The van der Waals surface area contributed by atoms with E-state index in [0.717, 1.165) is 45.6 Å². The van der Waals surface area contributed by atoms with E-state index in [9.17, 15) is 10.1 Å². The summed E-state index contributed by atoms with van der Waals surface area (Å²) in [6.07, 6.45) is 2.19. The fourth-order valence-corrected chi connectivity index (χ4v) is 3.32. The molecule has 1 saturated heterocycles. The van der Waals surface area contributed by atoms with Gasteiger partial charge in [-0.05, 0) is 31.8 Å². The molecular weight excluding hydrogens is 341 g/mol. The zero-order valence-corrected chi connectivity index (χ0v) is 14.6. The van der Waals surface area contributed by atoms with Crippen molar-refractivity contribution in [2.24, 2.45) is 5.92 Å². The molecule has 128 valence electrons. The van der Waals surface area contributed by atoms with Crippen LogP contribution in [0, 0.1) is 16.0 Å². The molecule has 8 heteroatoms. The number of ether oxygens (including phenoxy) is 1. The minimum absolute atomic E-state index is 0.1000. The third-order valence-electron chi connectivity index (χ3n) is 4.12. The number of hydrogen-bond donors (Lipinski definition) is 1. The van der Waals surface area contributed by atoms with Gasteiger partial charge >= 0.3 is 0 Å². The summed E-state index contributed by atoms with van der Waals surface area (Å²) < 4.78 is 5.10. The van der Waals surface area contributed by atoms with Crippen molar-refractivity contribution in [2.45, 2.75) is 12.8 Å². The number of halogens is 2. The summed E-state index contributed by atoms with van der Waals surface area (Å²) >= 11 is 12.2. The van der Waals surface area contributed by atoms with E-state index in [4.69, 9.17) is 27.9 Å². The summed E-state index contributed by atoms with van der Waals surface area (Å²) in [7, 11) is 1.72. The van der Waals surface area contributed by atoms with Crippen molar-refractivity contribution in [3.63, 3.8) is 0 Å². The topological polar surface area (TPSA) is 67.6 Å². The molecule has 0 aromatic heterocycles. The quantitative estimate of drug-likeness (QED) is 0.592. The number of piperidine rings is 1. The third kappa shape index (κ3) is 5.21. The van der Waals surface area contributed by atoms with Gasteiger partial charge in [-0.3, -0.25) is 10.1 Å². The molecule has 1 aromatic carbocycles. The van der Waals surface area contributed by atoms with E-state index in [1.165, 1.54) is 12.1 Å². The van der Waals surface area contributed by atoms with Crippen molar-refractivity contribution in [1.82, 2.24) is 4.90 Å². The van der Waals surface area contributed by atoms with E-state index in [2.05, 4.69) is 10.2 Å². The molecule has 1 heterocycles. The van der Waals surface area contributed by atoms with E-state index >= 15 is 0 Å². The third-order valence-corrected chi connectivity index (χ3v) is 4.72. The van der Waals surface area contributed by atoms with Crippen LogP contribution in [0.5, 0.6) is 0 Å². The normalized spacial score (nSPS) is 16.5. The Morgan fingerprint density at radius 2 is 1.96 bits per heavy atom. The van der Waals surface area contributed by atoms with Crippen LogP contribution in [0.1, 0.15) is 12.8 Å². The summed E-state index contributed by atoms with van der Waals surface area (Å²) in [6.45, 7) is 4.60. The lowest BCUT2D eigenvalue weighted by Gasteiger charge is -2.32. The highest BCUT2D eigenvalue weighted by molar-refractivity contribution is 6.39. The first-order valence-corrected chi connectivity index (χ1v) is 8.35. The monoisotopic (exact) mass is 361 g/mol. The Hall–Kier alpha value is -1.08. The lowest BCUT2D eigenvalue weighted by molar-refractivity contribution is -0.384. The van der Waals surface area contributed by atoms with Crippen LogP contribution in [-0.2, 0) is 4.74 Å². The van der Waals surface area contributed by atoms with Crippen LogP contribution < -0.4 is 5.32 Å². The number of methoxy groups -OCH3 is 1. The molecule has 2 rings (SSSR count). The zero-order chi connectivity index (χ0) is 16.8. The van der Waals surface area contributed by atoms with Crippen LogP contribution in [0.4, 0.5) is 11.4 Å². The summed E-state index contributed by atoms with van der Waals surface area (Å²) in [5, 5.41) is 14.6.